The molecule has 3 aromatic heterocycles. The molecular formula is C24H22F3N7O2. The van der Waals surface area contributed by atoms with Crippen LogP contribution in [-0.4, -0.2) is 35.5 Å². The van der Waals surface area contributed by atoms with E-state index < -0.39 is 11.7 Å². The Bertz CT molecular complexity index is 1450. The zero-order valence-electron chi connectivity index (χ0n) is 19.5. The molecule has 4 heterocycles. The largest absolute Gasteiger partial charge is 0.417 e. The Morgan fingerprint density at radius 1 is 1.22 bits per heavy atom. The highest BCUT2D eigenvalue weighted by molar-refractivity contribution is 5.99. The highest BCUT2D eigenvalue weighted by atomic mass is 19.4. The van der Waals surface area contributed by atoms with Gasteiger partial charge in [0.1, 0.15) is 12.1 Å². The van der Waals surface area contributed by atoms with Crippen molar-refractivity contribution in [3.05, 3.63) is 76.6 Å². The lowest BCUT2D eigenvalue weighted by Gasteiger charge is -2.22. The van der Waals surface area contributed by atoms with Crippen LogP contribution < -0.4 is 5.73 Å². The molecule has 12 heteroatoms. The lowest BCUT2D eigenvalue weighted by Crippen LogP contribution is -2.31. The van der Waals surface area contributed by atoms with Crippen LogP contribution in [-0.2, 0) is 37.7 Å². The molecule has 9 nitrogen and oxygen atoms in total. The monoisotopic (exact) mass is 497 g/mol. The van der Waals surface area contributed by atoms with E-state index in [9.17, 15) is 18.0 Å². The van der Waals surface area contributed by atoms with E-state index in [2.05, 4.69) is 20.1 Å². The van der Waals surface area contributed by atoms with E-state index in [1.165, 1.54) is 22.0 Å². The molecule has 1 aromatic carbocycles. The van der Waals surface area contributed by atoms with Crippen LogP contribution in [0, 0.1) is 0 Å². The van der Waals surface area contributed by atoms with Crippen molar-refractivity contribution in [3.8, 4) is 0 Å². The number of hydrogen-bond acceptors (Lipinski definition) is 7. The number of nitrogens with zero attached hydrogens (tertiary/aromatic N) is 6. The number of nitrogen functional groups attached to an aromatic ring is 1. The zero-order valence-corrected chi connectivity index (χ0v) is 19.5. The van der Waals surface area contributed by atoms with Gasteiger partial charge >= 0.3 is 6.18 Å². The maximum absolute atomic E-state index is 13.6. The second kappa shape index (κ2) is 8.86. The fourth-order valence-corrected chi connectivity index (χ4v) is 4.29. The standard InChI is InChI=1S/C24H22F3N7O2/c1-13-21-18(11-36-13)17-7-14(3-6-19(17)31-22(21)28)23(35)34(10-20-30-12-33(2)32-20)9-16-5-4-15(8-29-16)24(25,26)27/h3-8,12-13H,9-11H2,1-2H3,(H2,28,31)/t13-/m1/s1. The molecule has 1 aliphatic heterocycles. The first kappa shape index (κ1) is 23.7. The van der Waals surface area contributed by atoms with Crippen LogP contribution in [0.25, 0.3) is 10.9 Å². The quantitative estimate of drug-likeness (QED) is 0.446. The first-order valence-corrected chi connectivity index (χ1v) is 11.1. The molecule has 1 amide bonds. The summed E-state index contributed by atoms with van der Waals surface area (Å²) in [6.07, 6.45) is -2.43. The Kier molecular flexibility index (Phi) is 5.83. The Morgan fingerprint density at radius 2 is 2.03 bits per heavy atom. The molecule has 0 unspecified atom stereocenters. The number of pyridine rings is 2. The number of hydrogen-bond donors (Lipinski definition) is 1. The number of carbonyl (C=O) groups excluding carboxylic acids is 1. The number of aryl methyl sites for hydroxylation is 1. The van der Waals surface area contributed by atoms with Gasteiger partial charge in [0, 0.05) is 29.8 Å². The van der Waals surface area contributed by atoms with Crippen molar-refractivity contribution >= 4 is 22.6 Å². The number of ether oxygens (including phenoxy) is 1. The maximum Gasteiger partial charge on any atom is 0.417 e. The minimum absolute atomic E-state index is 0.0362. The van der Waals surface area contributed by atoms with Crippen LogP contribution in [0.5, 0.6) is 0 Å². The first-order valence-electron chi connectivity index (χ1n) is 11.1. The molecule has 1 atom stereocenters. The van der Waals surface area contributed by atoms with E-state index in [0.29, 0.717) is 35.0 Å². The number of nitrogens with two attached hydrogens (primary N) is 1. The molecule has 5 rings (SSSR count). The van der Waals surface area contributed by atoms with Gasteiger partial charge in [-0.15, -0.1) is 0 Å². The number of anilines is 1. The zero-order chi connectivity index (χ0) is 25.6. The van der Waals surface area contributed by atoms with Gasteiger partial charge in [-0.1, -0.05) is 0 Å². The summed E-state index contributed by atoms with van der Waals surface area (Å²) in [5, 5.41) is 4.99. The lowest BCUT2D eigenvalue weighted by atomic mass is 10.00. The number of halogens is 3. The third-order valence-corrected chi connectivity index (χ3v) is 6.07. The first-order chi connectivity index (χ1) is 17.1. The summed E-state index contributed by atoms with van der Waals surface area (Å²) in [5.41, 5.74) is 8.29. The number of aromatic nitrogens is 5. The topological polar surface area (TPSA) is 112 Å². The van der Waals surface area contributed by atoms with Crippen LogP contribution in [0.2, 0.25) is 0 Å². The summed E-state index contributed by atoms with van der Waals surface area (Å²) in [4.78, 5) is 27.6. The van der Waals surface area contributed by atoms with Crippen LogP contribution >= 0.6 is 0 Å². The maximum atomic E-state index is 13.6. The Hall–Kier alpha value is -4.06. The fraction of sp³-hybridized carbons (Fsp3) is 0.292. The number of amides is 1. The van der Waals surface area contributed by atoms with Crippen LogP contribution in [0.3, 0.4) is 0 Å². The van der Waals surface area contributed by atoms with Crippen molar-refractivity contribution in [3.63, 3.8) is 0 Å². The Labute approximate surface area is 203 Å². The van der Waals surface area contributed by atoms with Gasteiger partial charge in [0.2, 0.25) is 0 Å². The van der Waals surface area contributed by atoms with Gasteiger partial charge in [-0.05, 0) is 42.8 Å². The molecule has 0 aliphatic carbocycles. The molecule has 0 saturated heterocycles. The summed E-state index contributed by atoms with van der Waals surface area (Å²) in [7, 11) is 1.70. The molecule has 0 saturated carbocycles. The van der Waals surface area contributed by atoms with Crippen molar-refractivity contribution in [1.29, 1.82) is 0 Å². The molecule has 2 N–H and O–H groups in total. The fourth-order valence-electron chi connectivity index (χ4n) is 4.29. The Balaban J connectivity index is 1.50. The highest BCUT2D eigenvalue weighted by Crippen LogP contribution is 2.38. The van der Waals surface area contributed by atoms with Gasteiger partial charge in [0.05, 0.1) is 42.6 Å². The van der Waals surface area contributed by atoms with Crippen LogP contribution in [0.1, 0.15) is 51.6 Å². The number of fused-ring (bicyclic) bond motifs is 3. The summed E-state index contributed by atoms with van der Waals surface area (Å²) in [6.45, 7) is 2.25. The molecule has 186 valence electrons. The molecule has 0 spiro atoms. The molecule has 1 aliphatic rings. The van der Waals surface area contributed by atoms with Crippen molar-refractivity contribution in [1.82, 2.24) is 29.6 Å². The Morgan fingerprint density at radius 3 is 2.69 bits per heavy atom. The summed E-state index contributed by atoms with van der Waals surface area (Å²) >= 11 is 0. The molecule has 0 bridgehead atoms. The van der Waals surface area contributed by atoms with E-state index >= 15 is 0 Å². The van der Waals surface area contributed by atoms with E-state index in [-0.39, 0.29) is 25.1 Å². The number of benzene rings is 1. The van der Waals surface area contributed by atoms with Gasteiger partial charge in [-0.25, -0.2) is 9.97 Å². The van der Waals surface area contributed by atoms with Crippen LogP contribution in [0.4, 0.5) is 19.0 Å². The molecule has 0 radical (unpaired) electrons. The van der Waals surface area contributed by atoms with Crippen molar-refractivity contribution in [2.24, 2.45) is 7.05 Å². The van der Waals surface area contributed by atoms with Crippen LogP contribution in [0.15, 0.2) is 42.9 Å². The second-order valence-electron chi connectivity index (χ2n) is 8.61. The molecule has 36 heavy (non-hydrogen) atoms. The SMILES string of the molecule is C[C@H]1OCc2c1c(N)nc1ccc(C(=O)N(Cc3ccc(C(F)(F)F)cn3)Cc3ncn(C)n3)cc21. The summed E-state index contributed by atoms with van der Waals surface area (Å²) < 4.78 is 46.1. The molecular weight excluding hydrogens is 475 g/mol. The minimum atomic E-state index is -4.50. The smallest absolute Gasteiger partial charge is 0.383 e. The van der Waals surface area contributed by atoms with Crippen molar-refractivity contribution < 1.29 is 22.7 Å². The van der Waals surface area contributed by atoms with E-state index in [0.717, 1.165) is 28.8 Å². The third kappa shape index (κ3) is 4.47. The van der Waals surface area contributed by atoms with Gasteiger partial charge < -0.3 is 15.4 Å². The van der Waals surface area contributed by atoms with Gasteiger partial charge in [0.15, 0.2) is 5.82 Å². The predicted octanol–water partition coefficient (Wildman–Crippen LogP) is 3.79. The average Bonchev–Trinajstić information content (AvgIpc) is 3.43. The minimum Gasteiger partial charge on any atom is -0.383 e. The predicted molar refractivity (Wildman–Crippen MR) is 123 cm³/mol. The van der Waals surface area contributed by atoms with E-state index in [1.54, 1.807) is 25.2 Å². The van der Waals surface area contributed by atoms with Gasteiger partial charge in [0.25, 0.3) is 5.91 Å². The average molecular weight is 497 g/mol. The number of alkyl halides is 3. The third-order valence-electron chi connectivity index (χ3n) is 6.07. The summed E-state index contributed by atoms with van der Waals surface area (Å²) in [6, 6.07) is 7.30. The highest BCUT2D eigenvalue weighted by Gasteiger charge is 2.31. The molecule has 4 aromatic rings. The van der Waals surface area contributed by atoms with E-state index in [1.807, 2.05) is 6.92 Å². The second-order valence-corrected chi connectivity index (χ2v) is 8.61. The lowest BCUT2D eigenvalue weighted by molar-refractivity contribution is -0.137. The normalized spacial score (nSPS) is 15.3. The van der Waals surface area contributed by atoms with Gasteiger partial charge in [-0.2, -0.15) is 18.3 Å². The summed E-state index contributed by atoms with van der Waals surface area (Å²) in [5.74, 6) is 0.428. The van der Waals surface area contributed by atoms with Gasteiger partial charge in [-0.3, -0.25) is 14.5 Å². The van der Waals surface area contributed by atoms with Crippen molar-refractivity contribution in [2.75, 3.05) is 5.73 Å². The van der Waals surface area contributed by atoms with Crippen molar-refractivity contribution in [2.45, 2.75) is 38.9 Å². The number of rotatable bonds is 5. The van der Waals surface area contributed by atoms with E-state index in [4.69, 9.17) is 10.5 Å². The number of carbonyl (C=O) groups is 1. The molecule has 0 fully saturated rings.